The minimum absolute atomic E-state index is 0.269. The van der Waals surface area contributed by atoms with E-state index in [1.54, 1.807) is 36.4 Å². The van der Waals surface area contributed by atoms with Crippen LogP contribution in [0.15, 0.2) is 65.5 Å². The average molecular weight is 362 g/mol. The van der Waals surface area contributed by atoms with Gasteiger partial charge in [0.05, 0.1) is 11.4 Å². The maximum atomic E-state index is 12.4. The largest absolute Gasteiger partial charge is 0.322 e. The molecule has 0 unspecified atom stereocenters. The second-order valence-electron chi connectivity index (χ2n) is 4.72. The highest BCUT2D eigenvalue weighted by molar-refractivity contribution is 8.18. The number of nitrogens with zero attached hydrogens (tertiary/aromatic N) is 2. The van der Waals surface area contributed by atoms with Crippen molar-refractivity contribution in [1.82, 2.24) is 4.90 Å². The molecule has 0 aliphatic carbocycles. The third-order valence-electron chi connectivity index (χ3n) is 2.93. The number of carbonyl (C=O) groups excluding carboxylic acids is 2. The van der Waals surface area contributed by atoms with Crippen molar-refractivity contribution in [3.8, 4) is 0 Å². The van der Waals surface area contributed by atoms with Crippen molar-refractivity contribution in [3.63, 3.8) is 0 Å². The summed E-state index contributed by atoms with van der Waals surface area (Å²) in [4.78, 5) is 30.6. The van der Waals surface area contributed by atoms with Crippen LogP contribution in [-0.4, -0.2) is 35.0 Å². The van der Waals surface area contributed by atoms with Crippen molar-refractivity contribution in [2.75, 3.05) is 18.4 Å². The van der Waals surface area contributed by atoms with Crippen molar-refractivity contribution >= 4 is 46.0 Å². The van der Waals surface area contributed by atoms with Crippen LogP contribution in [-0.2, 0) is 9.59 Å². The summed E-state index contributed by atoms with van der Waals surface area (Å²) in [6.45, 7) is 7.97. The zero-order valence-corrected chi connectivity index (χ0v) is 14.4. The smallest absolute Gasteiger partial charge is 0.267 e. The summed E-state index contributed by atoms with van der Waals surface area (Å²) < 4.78 is 0. The Bertz CT molecular complexity index is 726. The lowest BCUT2D eigenvalue weighted by atomic mass is 10.3. The summed E-state index contributed by atoms with van der Waals surface area (Å²) in [7, 11) is 0. The van der Waals surface area contributed by atoms with Crippen LogP contribution >= 0.6 is 23.4 Å². The molecule has 0 saturated carbocycles. The summed E-state index contributed by atoms with van der Waals surface area (Å²) in [5.74, 6) is -0.661. The van der Waals surface area contributed by atoms with Gasteiger partial charge in [-0.2, -0.15) is 0 Å². The molecule has 0 aromatic heterocycles. The van der Waals surface area contributed by atoms with Crippen molar-refractivity contribution in [1.29, 1.82) is 0 Å². The van der Waals surface area contributed by atoms with Crippen LogP contribution in [0.3, 0.4) is 0 Å². The van der Waals surface area contributed by atoms with Crippen LogP contribution < -0.4 is 5.32 Å². The quantitative estimate of drug-likeness (QED) is 0.623. The number of halogens is 1. The van der Waals surface area contributed by atoms with E-state index in [4.69, 9.17) is 11.6 Å². The van der Waals surface area contributed by atoms with Gasteiger partial charge in [0, 0.05) is 23.3 Å². The molecule has 0 spiro atoms. The Balaban J connectivity index is 2.14. The molecule has 1 saturated heterocycles. The highest BCUT2D eigenvalue weighted by Gasteiger charge is 2.32. The van der Waals surface area contributed by atoms with Crippen molar-refractivity contribution in [2.45, 2.75) is 0 Å². The van der Waals surface area contributed by atoms with Crippen molar-refractivity contribution < 1.29 is 9.59 Å². The van der Waals surface area contributed by atoms with Crippen molar-refractivity contribution in [2.24, 2.45) is 4.99 Å². The lowest BCUT2D eigenvalue weighted by molar-refractivity contribution is -0.122. The van der Waals surface area contributed by atoms with Crippen LogP contribution in [0, 0.1) is 0 Å². The van der Waals surface area contributed by atoms with Gasteiger partial charge >= 0.3 is 0 Å². The normalized spacial score (nSPS) is 17.4. The van der Waals surface area contributed by atoms with Gasteiger partial charge < -0.3 is 5.32 Å². The third-order valence-corrected chi connectivity index (χ3v) is 4.23. The number of rotatable bonds is 6. The van der Waals surface area contributed by atoms with Crippen molar-refractivity contribution in [3.05, 3.63) is 65.6 Å². The fourth-order valence-corrected chi connectivity index (χ4v) is 2.98. The first-order chi connectivity index (χ1) is 11.5. The number of anilines is 1. The Labute approximate surface area is 149 Å². The number of amides is 2. The lowest BCUT2D eigenvalue weighted by Gasteiger charge is -2.12. The number of hydrogen-bond acceptors (Lipinski definition) is 4. The van der Waals surface area contributed by atoms with E-state index in [1.807, 2.05) is 0 Å². The standard InChI is InChI=1S/C17H16ClN3O2S/c1-3-9-19-17-21(10-4-2)16(23)14(24-17)11-15(22)20-13-7-5-12(18)6-8-13/h3-8,11H,1-2,9-10H2,(H,20,22). The van der Waals surface area contributed by atoms with Gasteiger partial charge in [0.15, 0.2) is 5.17 Å². The van der Waals surface area contributed by atoms with E-state index in [-0.39, 0.29) is 5.91 Å². The van der Waals surface area contributed by atoms with E-state index in [0.717, 1.165) is 11.8 Å². The fraction of sp³-hybridized carbons (Fsp3) is 0.118. The van der Waals surface area contributed by atoms with Gasteiger partial charge in [-0.15, -0.1) is 13.2 Å². The molecule has 1 fully saturated rings. The molecule has 1 aromatic carbocycles. The molecule has 1 aliphatic rings. The molecule has 1 heterocycles. The minimum atomic E-state index is -0.392. The molecule has 2 amide bonds. The molecule has 1 aliphatic heterocycles. The van der Waals surface area contributed by atoms with Gasteiger partial charge in [-0.3, -0.25) is 19.5 Å². The minimum Gasteiger partial charge on any atom is -0.322 e. The molecule has 2 rings (SSSR count). The van der Waals surface area contributed by atoms with Gasteiger partial charge in [0.1, 0.15) is 0 Å². The van der Waals surface area contributed by atoms with E-state index in [1.165, 1.54) is 11.0 Å². The van der Waals surface area contributed by atoms with E-state index < -0.39 is 5.91 Å². The van der Waals surface area contributed by atoms with E-state index >= 15 is 0 Å². The third kappa shape index (κ3) is 4.59. The van der Waals surface area contributed by atoms with Gasteiger partial charge in [-0.25, -0.2) is 0 Å². The molecular weight excluding hydrogens is 346 g/mol. The first kappa shape index (κ1) is 18.0. The molecule has 0 bridgehead atoms. The van der Waals surface area contributed by atoms with Crippen LogP contribution in [0.4, 0.5) is 5.69 Å². The average Bonchev–Trinajstić information content (AvgIpc) is 2.84. The van der Waals surface area contributed by atoms with Crippen LogP contribution in [0.5, 0.6) is 0 Å². The number of carbonyl (C=O) groups is 2. The SMILES string of the molecule is C=CCN=C1SC(=CC(=O)Nc2ccc(Cl)cc2)C(=O)N1CC=C. The molecule has 5 nitrogen and oxygen atoms in total. The second-order valence-corrected chi connectivity index (χ2v) is 6.17. The molecule has 1 N–H and O–H groups in total. The molecular formula is C17H16ClN3O2S. The Hall–Kier alpha value is -2.31. The summed E-state index contributed by atoms with van der Waals surface area (Å²) in [6.07, 6.45) is 4.52. The highest BCUT2D eigenvalue weighted by atomic mass is 35.5. The summed E-state index contributed by atoms with van der Waals surface area (Å²) in [6, 6.07) is 6.71. The molecule has 1 aromatic rings. The predicted octanol–water partition coefficient (Wildman–Crippen LogP) is 3.47. The lowest BCUT2D eigenvalue weighted by Crippen LogP contribution is -2.29. The number of benzene rings is 1. The molecule has 0 radical (unpaired) electrons. The topological polar surface area (TPSA) is 61.8 Å². The maximum Gasteiger partial charge on any atom is 0.267 e. The number of amidine groups is 1. The second kappa shape index (κ2) is 8.52. The molecule has 124 valence electrons. The Kier molecular flexibility index (Phi) is 6.40. The summed E-state index contributed by atoms with van der Waals surface area (Å²) in [5.41, 5.74) is 0.597. The number of hydrogen-bond donors (Lipinski definition) is 1. The first-order valence-corrected chi connectivity index (χ1v) is 8.28. The van der Waals surface area contributed by atoms with Crippen LogP contribution in [0.25, 0.3) is 0 Å². The van der Waals surface area contributed by atoms with E-state index in [9.17, 15) is 9.59 Å². The van der Waals surface area contributed by atoms with Gasteiger partial charge in [0.25, 0.3) is 5.91 Å². The Morgan fingerprint density at radius 1 is 1.29 bits per heavy atom. The van der Waals surface area contributed by atoms with Gasteiger partial charge in [0.2, 0.25) is 5.91 Å². The molecule has 0 atom stereocenters. The van der Waals surface area contributed by atoms with Gasteiger partial charge in [-0.1, -0.05) is 23.8 Å². The van der Waals surface area contributed by atoms with Crippen LogP contribution in [0.2, 0.25) is 5.02 Å². The summed E-state index contributed by atoms with van der Waals surface area (Å²) in [5, 5.41) is 3.80. The monoisotopic (exact) mass is 361 g/mol. The van der Waals surface area contributed by atoms with Crippen LogP contribution in [0.1, 0.15) is 0 Å². The molecule has 7 heteroatoms. The number of aliphatic imine (C=N–C) groups is 1. The predicted molar refractivity (Wildman–Crippen MR) is 100 cm³/mol. The van der Waals surface area contributed by atoms with E-state index in [0.29, 0.717) is 33.9 Å². The molecule has 24 heavy (non-hydrogen) atoms. The number of thioether (sulfide) groups is 1. The Morgan fingerprint density at radius 2 is 2.00 bits per heavy atom. The zero-order valence-electron chi connectivity index (χ0n) is 12.9. The first-order valence-electron chi connectivity index (χ1n) is 7.09. The summed E-state index contributed by atoms with van der Waals surface area (Å²) >= 11 is 6.96. The zero-order chi connectivity index (χ0) is 17.5. The van der Waals surface area contributed by atoms with Gasteiger partial charge in [-0.05, 0) is 36.0 Å². The Morgan fingerprint density at radius 3 is 2.62 bits per heavy atom. The maximum absolute atomic E-state index is 12.4. The van der Waals surface area contributed by atoms with E-state index in [2.05, 4.69) is 23.5 Å². The highest BCUT2D eigenvalue weighted by Crippen LogP contribution is 2.30. The fourth-order valence-electron chi connectivity index (χ4n) is 1.89. The number of nitrogens with one attached hydrogen (secondary N) is 1.